The minimum atomic E-state index is -3.48. The summed E-state index contributed by atoms with van der Waals surface area (Å²) in [4.78, 5) is 25.0. The molecule has 0 aromatic heterocycles. The van der Waals surface area contributed by atoms with Crippen molar-refractivity contribution in [2.24, 2.45) is 0 Å². The van der Waals surface area contributed by atoms with Crippen molar-refractivity contribution in [3.8, 4) is 0 Å². The van der Waals surface area contributed by atoms with Crippen molar-refractivity contribution < 1.29 is 18.0 Å². The number of sulfone groups is 1. The van der Waals surface area contributed by atoms with Crippen LogP contribution in [-0.4, -0.2) is 39.1 Å². The van der Waals surface area contributed by atoms with Gasteiger partial charge in [-0.15, -0.1) is 0 Å². The van der Waals surface area contributed by atoms with E-state index in [0.29, 0.717) is 12.1 Å². The maximum atomic E-state index is 11.9. The van der Waals surface area contributed by atoms with Gasteiger partial charge in [0, 0.05) is 6.26 Å². The Morgan fingerprint density at radius 3 is 2.62 bits per heavy atom. The first-order chi connectivity index (χ1) is 9.75. The number of carbonyl (C=O) groups excluding carboxylic acids is 2. The van der Waals surface area contributed by atoms with Crippen LogP contribution < -0.4 is 16.0 Å². The van der Waals surface area contributed by atoms with E-state index in [1.165, 1.54) is 6.07 Å². The molecule has 1 heterocycles. The summed E-state index contributed by atoms with van der Waals surface area (Å²) in [5.74, 6) is -0.841. The van der Waals surface area contributed by atoms with Crippen molar-refractivity contribution in [2.75, 3.05) is 23.4 Å². The Balaban J connectivity index is 2.54. The van der Waals surface area contributed by atoms with E-state index in [1.807, 2.05) is 6.92 Å². The van der Waals surface area contributed by atoms with Crippen LogP contribution >= 0.6 is 0 Å². The summed E-state index contributed by atoms with van der Waals surface area (Å²) in [5.41, 5.74) is 6.38. The van der Waals surface area contributed by atoms with Crippen LogP contribution in [0.25, 0.3) is 0 Å². The molecule has 1 saturated heterocycles. The molecule has 21 heavy (non-hydrogen) atoms. The van der Waals surface area contributed by atoms with Gasteiger partial charge in [-0.25, -0.2) is 8.42 Å². The van der Waals surface area contributed by atoms with Crippen molar-refractivity contribution >= 4 is 33.0 Å². The number of rotatable bonds is 3. The average molecular weight is 311 g/mol. The molecule has 2 amide bonds. The van der Waals surface area contributed by atoms with Crippen LogP contribution in [-0.2, 0) is 19.4 Å². The van der Waals surface area contributed by atoms with Crippen molar-refractivity contribution in [2.45, 2.75) is 24.3 Å². The third-order valence-electron chi connectivity index (χ3n) is 3.39. The van der Waals surface area contributed by atoms with Gasteiger partial charge in [-0.2, -0.15) is 0 Å². The van der Waals surface area contributed by atoms with Gasteiger partial charge in [0.15, 0.2) is 9.84 Å². The molecule has 0 radical (unpaired) electrons. The summed E-state index contributed by atoms with van der Waals surface area (Å²) in [5, 5.41) is 2.27. The molecule has 1 aliphatic rings. The summed E-state index contributed by atoms with van der Waals surface area (Å²) >= 11 is 0. The molecule has 1 aliphatic heterocycles. The van der Waals surface area contributed by atoms with Crippen LogP contribution in [0.5, 0.6) is 0 Å². The Morgan fingerprint density at radius 2 is 2.05 bits per heavy atom. The molecular weight excluding hydrogens is 294 g/mol. The minimum Gasteiger partial charge on any atom is -0.396 e. The molecule has 0 saturated carbocycles. The number of piperazine rings is 1. The molecule has 7 nitrogen and oxygen atoms in total. The van der Waals surface area contributed by atoms with Crippen molar-refractivity contribution in [1.29, 1.82) is 0 Å². The molecule has 114 valence electrons. The van der Waals surface area contributed by atoms with Gasteiger partial charge in [0.05, 0.1) is 22.8 Å². The molecule has 1 aromatic rings. The fraction of sp³-hybridized carbons (Fsp3) is 0.385. The molecule has 1 fully saturated rings. The third kappa shape index (κ3) is 2.85. The number of para-hydroxylation sites is 1. The summed E-state index contributed by atoms with van der Waals surface area (Å²) in [7, 11) is -3.48. The molecule has 0 spiro atoms. The zero-order valence-corrected chi connectivity index (χ0v) is 12.6. The molecule has 3 N–H and O–H groups in total. The smallest absolute Gasteiger partial charge is 0.249 e. The standard InChI is InChI=1S/C13H17N3O4S/c1-3-8-13(18)15-11(17)7-16(8)9-5-4-6-10(12(9)14)21(2,19)20/h4-6,8H,3,7,14H2,1-2H3,(H,15,17,18). The highest BCUT2D eigenvalue weighted by atomic mass is 32.2. The van der Waals surface area contributed by atoms with Gasteiger partial charge in [-0.1, -0.05) is 13.0 Å². The number of hydrogen-bond donors (Lipinski definition) is 2. The fourth-order valence-electron chi connectivity index (χ4n) is 2.43. The number of nitrogen functional groups attached to an aromatic ring is 1. The molecule has 2 rings (SSSR count). The second-order valence-electron chi connectivity index (χ2n) is 4.93. The number of hydrogen-bond acceptors (Lipinski definition) is 6. The van der Waals surface area contributed by atoms with Crippen molar-refractivity contribution in [3.05, 3.63) is 18.2 Å². The number of imide groups is 1. The fourth-order valence-corrected chi connectivity index (χ4v) is 3.26. The van der Waals surface area contributed by atoms with Gasteiger partial charge in [0.25, 0.3) is 0 Å². The van der Waals surface area contributed by atoms with Gasteiger partial charge in [-0.05, 0) is 18.6 Å². The van der Waals surface area contributed by atoms with Crippen molar-refractivity contribution in [3.63, 3.8) is 0 Å². The highest BCUT2D eigenvalue weighted by molar-refractivity contribution is 7.90. The van der Waals surface area contributed by atoms with E-state index >= 15 is 0 Å². The molecule has 0 aliphatic carbocycles. The molecule has 1 aromatic carbocycles. The van der Waals surface area contributed by atoms with Crippen molar-refractivity contribution in [1.82, 2.24) is 5.32 Å². The topological polar surface area (TPSA) is 110 Å². The number of nitrogens with zero attached hydrogens (tertiary/aromatic N) is 1. The average Bonchev–Trinajstić information content (AvgIpc) is 2.36. The summed E-state index contributed by atoms with van der Waals surface area (Å²) in [6.07, 6.45) is 1.54. The van der Waals surface area contributed by atoms with E-state index < -0.39 is 27.7 Å². The number of nitrogens with one attached hydrogen (secondary N) is 1. The van der Waals surface area contributed by atoms with Gasteiger partial charge < -0.3 is 10.6 Å². The van der Waals surface area contributed by atoms with E-state index in [4.69, 9.17) is 5.73 Å². The largest absolute Gasteiger partial charge is 0.396 e. The molecule has 1 atom stereocenters. The van der Waals surface area contributed by atoms with Crippen LogP contribution in [0.1, 0.15) is 13.3 Å². The van der Waals surface area contributed by atoms with E-state index in [1.54, 1.807) is 17.0 Å². The number of amides is 2. The first kappa shape index (κ1) is 15.3. The minimum absolute atomic E-state index is 0.00622. The summed E-state index contributed by atoms with van der Waals surface area (Å²) in [6, 6.07) is 4.01. The van der Waals surface area contributed by atoms with Crippen LogP contribution in [0.3, 0.4) is 0 Å². The lowest BCUT2D eigenvalue weighted by molar-refractivity contribution is -0.132. The zero-order chi connectivity index (χ0) is 15.8. The summed E-state index contributed by atoms with van der Waals surface area (Å²) in [6.45, 7) is 1.77. The molecule has 1 unspecified atom stereocenters. The van der Waals surface area contributed by atoms with Gasteiger partial charge in [0.2, 0.25) is 11.8 Å². The summed E-state index contributed by atoms with van der Waals surface area (Å²) < 4.78 is 23.4. The lowest BCUT2D eigenvalue weighted by Gasteiger charge is -2.36. The third-order valence-corrected chi connectivity index (χ3v) is 4.55. The Bertz CT molecular complexity index is 699. The van der Waals surface area contributed by atoms with Crippen LogP contribution in [0.15, 0.2) is 23.1 Å². The first-order valence-corrected chi connectivity index (χ1v) is 8.33. The zero-order valence-electron chi connectivity index (χ0n) is 11.8. The molecular formula is C13H17N3O4S. The maximum absolute atomic E-state index is 11.9. The molecule has 0 bridgehead atoms. The lowest BCUT2D eigenvalue weighted by Crippen LogP contribution is -2.58. The van der Waals surface area contributed by atoms with E-state index in [2.05, 4.69) is 5.32 Å². The molecule has 8 heteroatoms. The van der Waals surface area contributed by atoms with Gasteiger partial charge >= 0.3 is 0 Å². The highest BCUT2D eigenvalue weighted by Crippen LogP contribution is 2.32. The Labute approximate surface area is 123 Å². The number of nitrogens with two attached hydrogens (primary N) is 1. The van der Waals surface area contributed by atoms with Crippen LogP contribution in [0.4, 0.5) is 11.4 Å². The first-order valence-electron chi connectivity index (χ1n) is 6.44. The van der Waals surface area contributed by atoms with E-state index in [-0.39, 0.29) is 17.1 Å². The maximum Gasteiger partial charge on any atom is 0.249 e. The van der Waals surface area contributed by atoms with Gasteiger partial charge in [0.1, 0.15) is 6.04 Å². The second-order valence-corrected chi connectivity index (χ2v) is 6.91. The van der Waals surface area contributed by atoms with E-state index in [0.717, 1.165) is 6.26 Å². The van der Waals surface area contributed by atoms with E-state index in [9.17, 15) is 18.0 Å². The Kier molecular flexibility index (Phi) is 3.91. The lowest BCUT2D eigenvalue weighted by atomic mass is 10.1. The quantitative estimate of drug-likeness (QED) is 0.596. The highest BCUT2D eigenvalue weighted by Gasteiger charge is 2.34. The predicted octanol–water partition coefficient (Wildman–Crippen LogP) is -0.0863. The Hall–Kier alpha value is -2.09. The van der Waals surface area contributed by atoms with Crippen LogP contribution in [0, 0.1) is 0 Å². The number of anilines is 2. The monoisotopic (exact) mass is 311 g/mol. The predicted molar refractivity (Wildman–Crippen MR) is 78.5 cm³/mol. The number of benzene rings is 1. The Morgan fingerprint density at radius 1 is 1.38 bits per heavy atom. The SMILES string of the molecule is CCC1C(=O)NC(=O)CN1c1cccc(S(C)(=O)=O)c1N. The normalized spacial score (nSPS) is 19.5. The van der Waals surface area contributed by atoms with Crippen LogP contribution in [0.2, 0.25) is 0 Å². The number of carbonyl (C=O) groups is 2. The van der Waals surface area contributed by atoms with Gasteiger partial charge in [-0.3, -0.25) is 14.9 Å². The second kappa shape index (κ2) is 5.36.